The molecule has 0 saturated heterocycles. The molecule has 0 radical (unpaired) electrons. The molecule has 0 aromatic heterocycles. The highest BCUT2D eigenvalue weighted by atomic mass is 19.1. The van der Waals surface area contributed by atoms with Gasteiger partial charge in [-0.3, -0.25) is 4.39 Å². The van der Waals surface area contributed by atoms with Crippen molar-refractivity contribution in [2.75, 3.05) is 13.3 Å². The molecule has 62 valence electrons. The van der Waals surface area contributed by atoms with E-state index in [9.17, 15) is 4.39 Å². The second-order valence-corrected chi connectivity index (χ2v) is 3.97. The molecule has 0 rings (SSSR count). The van der Waals surface area contributed by atoms with Gasteiger partial charge in [0.2, 0.25) is 0 Å². The van der Waals surface area contributed by atoms with Crippen LogP contribution in [0.2, 0.25) is 0 Å². The number of alkyl halides is 1. The average molecular weight is 148 g/mol. The molecule has 0 amide bonds. The maximum atomic E-state index is 12.0. The lowest BCUT2D eigenvalue weighted by molar-refractivity contribution is 0.153. The third-order valence-electron chi connectivity index (χ3n) is 1.38. The van der Waals surface area contributed by atoms with Crippen molar-refractivity contribution < 1.29 is 9.50 Å². The van der Waals surface area contributed by atoms with Gasteiger partial charge in [-0.1, -0.05) is 20.8 Å². The monoisotopic (exact) mass is 148 g/mol. The molecule has 2 heteroatoms. The molecule has 0 spiro atoms. The van der Waals surface area contributed by atoms with E-state index in [1.165, 1.54) is 0 Å². The number of halogens is 1. The second-order valence-electron chi connectivity index (χ2n) is 3.97. The van der Waals surface area contributed by atoms with Crippen LogP contribution < -0.4 is 0 Å². The van der Waals surface area contributed by atoms with Gasteiger partial charge in [0.05, 0.1) is 6.67 Å². The first-order chi connectivity index (χ1) is 4.49. The van der Waals surface area contributed by atoms with Crippen LogP contribution in [0.4, 0.5) is 4.39 Å². The quantitative estimate of drug-likeness (QED) is 0.649. The molecule has 0 bridgehead atoms. The predicted octanol–water partition coefficient (Wildman–Crippen LogP) is 2.00. The van der Waals surface area contributed by atoms with Crippen LogP contribution in [0.5, 0.6) is 0 Å². The van der Waals surface area contributed by atoms with Crippen LogP contribution in [0, 0.1) is 11.3 Å². The Balaban J connectivity index is 3.63. The van der Waals surface area contributed by atoms with E-state index in [4.69, 9.17) is 5.11 Å². The lowest BCUT2D eigenvalue weighted by Crippen LogP contribution is -2.17. The lowest BCUT2D eigenvalue weighted by Gasteiger charge is -2.22. The molecule has 10 heavy (non-hydrogen) atoms. The smallest absolute Gasteiger partial charge is 0.0944 e. The summed E-state index contributed by atoms with van der Waals surface area (Å²) in [4.78, 5) is 0. The molecule has 1 unspecified atom stereocenters. The van der Waals surface area contributed by atoms with E-state index in [0.29, 0.717) is 0 Å². The van der Waals surface area contributed by atoms with Crippen molar-refractivity contribution in [2.45, 2.75) is 27.2 Å². The summed E-state index contributed by atoms with van der Waals surface area (Å²) in [7, 11) is 0. The van der Waals surface area contributed by atoms with E-state index < -0.39 is 6.67 Å². The van der Waals surface area contributed by atoms with Gasteiger partial charge >= 0.3 is 0 Å². The lowest BCUT2D eigenvalue weighted by atomic mass is 9.85. The maximum Gasteiger partial charge on any atom is 0.0944 e. The molecular weight excluding hydrogens is 131 g/mol. The third-order valence-corrected chi connectivity index (χ3v) is 1.38. The molecule has 0 aliphatic rings. The van der Waals surface area contributed by atoms with E-state index in [1.807, 2.05) is 20.8 Å². The van der Waals surface area contributed by atoms with Crippen molar-refractivity contribution in [3.8, 4) is 0 Å². The van der Waals surface area contributed by atoms with Gasteiger partial charge in [-0.2, -0.15) is 0 Å². The van der Waals surface area contributed by atoms with Crippen LogP contribution >= 0.6 is 0 Å². The summed E-state index contributed by atoms with van der Waals surface area (Å²) in [6.45, 7) is 5.70. The first kappa shape index (κ1) is 9.89. The Kier molecular flexibility index (Phi) is 3.87. The van der Waals surface area contributed by atoms with Crippen molar-refractivity contribution in [1.82, 2.24) is 0 Å². The maximum absolute atomic E-state index is 12.0. The number of aliphatic hydroxyl groups is 1. The van der Waals surface area contributed by atoms with Crippen molar-refractivity contribution in [3.05, 3.63) is 0 Å². The molecule has 0 aromatic carbocycles. The Hall–Kier alpha value is -0.110. The van der Waals surface area contributed by atoms with Gasteiger partial charge in [0, 0.05) is 12.5 Å². The van der Waals surface area contributed by atoms with Gasteiger partial charge in [0.15, 0.2) is 0 Å². The molecule has 1 atom stereocenters. The molecule has 0 aromatic rings. The number of rotatable bonds is 3. The largest absolute Gasteiger partial charge is 0.396 e. The summed E-state index contributed by atoms with van der Waals surface area (Å²) < 4.78 is 12.0. The van der Waals surface area contributed by atoms with E-state index in [1.54, 1.807) is 0 Å². The Bertz CT molecular complexity index is 81.7. The van der Waals surface area contributed by atoms with Crippen LogP contribution in [0.25, 0.3) is 0 Å². The van der Waals surface area contributed by atoms with Gasteiger partial charge in [-0.15, -0.1) is 0 Å². The topological polar surface area (TPSA) is 20.2 Å². The van der Waals surface area contributed by atoms with Crippen LogP contribution in [-0.4, -0.2) is 18.4 Å². The Morgan fingerprint density at radius 2 is 1.90 bits per heavy atom. The van der Waals surface area contributed by atoms with Crippen LogP contribution in [-0.2, 0) is 0 Å². The van der Waals surface area contributed by atoms with Crippen LogP contribution in [0.1, 0.15) is 27.2 Å². The zero-order valence-corrected chi connectivity index (χ0v) is 7.02. The van der Waals surface area contributed by atoms with Crippen molar-refractivity contribution in [2.24, 2.45) is 11.3 Å². The fourth-order valence-corrected chi connectivity index (χ4v) is 1.03. The van der Waals surface area contributed by atoms with Gasteiger partial charge in [0.1, 0.15) is 0 Å². The fraction of sp³-hybridized carbons (Fsp3) is 1.00. The average Bonchev–Trinajstić information content (AvgIpc) is 1.81. The first-order valence-electron chi connectivity index (χ1n) is 3.66. The molecule has 0 aliphatic heterocycles. The predicted molar refractivity (Wildman–Crippen MR) is 40.6 cm³/mol. The molecule has 1 N–H and O–H groups in total. The molecule has 1 nitrogen and oxygen atoms in total. The summed E-state index contributed by atoms with van der Waals surface area (Å²) in [5, 5.41) is 8.65. The molecule has 0 fully saturated rings. The standard InChI is InChI=1S/C8H17FO/c1-8(2,3)4-7(5-9)6-10/h7,10H,4-6H2,1-3H3. The highest BCUT2D eigenvalue weighted by molar-refractivity contribution is 4.67. The summed E-state index contributed by atoms with van der Waals surface area (Å²) >= 11 is 0. The molecular formula is C8H17FO. The first-order valence-corrected chi connectivity index (χ1v) is 3.66. The third kappa shape index (κ3) is 4.74. The fourth-order valence-electron chi connectivity index (χ4n) is 1.03. The minimum atomic E-state index is -0.409. The SMILES string of the molecule is CC(C)(C)CC(CO)CF. The van der Waals surface area contributed by atoms with Crippen molar-refractivity contribution >= 4 is 0 Å². The molecule has 0 heterocycles. The zero-order valence-electron chi connectivity index (χ0n) is 7.02. The Morgan fingerprint density at radius 3 is 2.00 bits per heavy atom. The summed E-state index contributed by atoms with van der Waals surface area (Å²) in [5.74, 6) is -0.167. The van der Waals surface area contributed by atoms with E-state index in [2.05, 4.69) is 0 Å². The van der Waals surface area contributed by atoms with E-state index in [0.717, 1.165) is 6.42 Å². The second kappa shape index (κ2) is 3.91. The van der Waals surface area contributed by atoms with Crippen molar-refractivity contribution in [3.63, 3.8) is 0 Å². The van der Waals surface area contributed by atoms with Crippen LogP contribution in [0.3, 0.4) is 0 Å². The summed E-state index contributed by atoms with van der Waals surface area (Å²) in [5.41, 5.74) is 0.124. The number of hydrogen-bond donors (Lipinski definition) is 1. The number of aliphatic hydroxyl groups excluding tert-OH is 1. The van der Waals surface area contributed by atoms with Gasteiger partial charge in [-0.05, 0) is 11.8 Å². The Morgan fingerprint density at radius 1 is 1.40 bits per heavy atom. The van der Waals surface area contributed by atoms with E-state index >= 15 is 0 Å². The summed E-state index contributed by atoms with van der Waals surface area (Å²) in [6.07, 6.45) is 0.750. The highest BCUT2D eigenvalue weighted by Gasteiger charge is 2.17. The van der Waals surface area contributed by atoms with Gasteiger partial charge in [-0.25, -0.2) is 0 Å². The molecule has 0 aliphatic carbocycles. The highest BCUT2D eigenvalue weighted by Crippen LogP contribution is 2.24. The minimum Gasteiger partial charge on any atom is -0.396 e. The zero-order chi connectivity index (χ0) is 8.20. The molecule has 0 saturated carbocycles. The van der Waals surface area contributed by atoms with Gasteiger partial charge in [0.25, 0.3) is 0 Å². The number of hydrogen-bond acceptors (Lipinski definition) is 1. The van der Waals surface area contributed by atoms with Crippen molar-refractivity contribution in [1.29, 1.82) is 0 Å². The normalized spacial score (nSPS) is 15.3. The van der Waals surface area contributed by atoms with E-state index in [-0.39, 0.29) is 17.9 Å². The van der Waals surface area contributed by atoms with Gasteiger partial charge < -0.3 is 5.11 Å². The van der Waals surface area contributed by atoms with Crippen LogP contribution in [0.15, 0.2) is 0 Å². The Labute approximate surface area is 62.3 Å². The minimum absolute atomic E-state index is 0.0340. The summed E-state index contributed by atoms with van der Waals surface area (Å²) in [6, 6.07) is 0.